The number of nitrogens with zero attached hydrogens (tertiary/aromatic N) is 2. The van der Waals surface area contributed by atoms with Gasteiger partial charge >= 0.3 is 0 Å². The average Bonchev–Trinajstić information content (AvgIpc) is 3.14. The Morgan fingerprint density at radius 2 is 2.40 bits per heavy atom. The van der Waals surface area contributed by atoms with E-state index in [0.29, 0.717) is 24.6 Å². The topological polar surface area (TPSA) is 75.0 Å². The van der Waals surface area contributed by atoms with Crippen molar-refractivity contribution in [3.8, 4) is 11.8 Å². The highest BCUT2D eigenvalue weighted by Gasteiger charge is 2.50. The van der Waals surface area contributed by atoms with Crippen LogP contribution in [0.2, 0.25) is 0 Å². The molecule has 20 heavy (non-hydrogen) atoms. The standard InChI is InChI=1S/C14H13N3O2S/c1-2-19-9-3-4-10-11(7-9)20-13(16-10)17-12(18)14(8-15)5-6-14/h3-4,7H,2,5-6H2,1H3,(H,16,17,18). The first-order valence-electron chi connectivity index (χ1n) is 6.43. The normalized spacial score (nSPS) is 15.6. The monoisotopic (exact) mass is 287 g/mol. The number of benzene rings is 1. The molecule has 2 aromatic rings. The largest absolute Gasteiger partial charge is 0.494 e. The molecule has 0 saturated heterocycles. The van der Waals surface area contributed by atoms with Crippen molar-refractivity contribution < 1.29 is 9.53 Å². The third-order valence-electron chi connectivity index (χ3n) is 3.29. The Balaban J connectivity index is 1.83. The van der Waals surface area contributed by atoms with Gasteiger partial charge in [-0.05, 0) is 38.0 Å². The molecule has 102 valence electrons. The van der Waals surface area contributed by atoms with E-state index in [1.165, 1.54) is 11.3 Å². The van der Waals surface area contributed by atoms with E-state index in [4.69, 9.17) is 10.00 Å². The summed E-state index contributed by atoms with van der Waals surface area (Å²) >= 11 is 1.39. The summed E-state index contributed by atoms with van der Waals surface area (Å²) in [5.41, 5.74) is -0.00973. The zero-order chi connectivity index (χ0) is 14.2. The number of amides is 1. The third-order valence-corrected chi connectivity index (χ3v) is 4.22. The summed E-state index contributed by atoms with van der Waals surface area (Å²) in [5, 5.41) is 12.3. The second-order valence-electron chi connectivity index (χ2n) is 4.73. The van der Waals surface area contributed by atoms with Crippen molar-refractivity contribution in [1.29, 1.82) is 5.26 Å². The van der Waals surface area contributed by atoms with Crippen LogP contribution in [0.1, 0.15) is 19.8 Å². The lowest BCUT2D eigenvalue weighted by Gasteiger charge is -2.03. The molecule has 0 spiro atoms. The molecule has 0 atom stereocenters. The second-order valence-corrected chi connectivity index (χ2v) is 5.76. The van der Waals surface area contributed by atoms with Crippen molar-refractivity contribution >= 4 is 32.6 Å². The SMILES string of the molecule is CCOc1ccc2nc(NC(=O)C3(C#N)CC3)sc2c1. The number of nitriles is 1. The Bertz CT molecular complexity index is 713. The minimum atomic E-state index is -0.825. The van der Waals surface area contributed by atoms with E-state index in [1.54, 1.807) is 0 Å². The Hall–Kier alpha value is -2.13. The summed E-state index contributed by atoms with van der Waals surface area (Å²) < 4.78 is 6.39. The molecule has 1 heterocycles. The van der Waals surface area contributed by atoms with Crippen LogP contribution in [0.25, 0.3) is 10.2 Å². The molecule has 1 aromatic carbocycles. The highest BCUT2D eigenvalue weighted by Crippen LogP contribution is 2.46. The molecule has 0 radical (unpaired) electrons. The zero-order valence-electron chi connectivity index (χ0n) is 11.0. The highest BCUT2D eigenvalue weighted by molar-refractivity contribution is 7.22. The minimum Gasteiger partial charge on any atom is -0.494 e. The van der Waals surface area contributed by atoms with Gasteiger partial charge in [0.15, 0.2) is 5.13 Å². The second kappa shape index (κ2) is 4.76. The van der Waals surface area contributed by atoms with Crippen LogP contribution in [0.4, 0.5) is 5.13 Å². The van der Waals surface area contributed by atoms with Crippen molar-refractivity contribution in [1.82, 2.24) is 4.98 Å². The van der Waals surface area contributed by atoms with Crippen LogP contribution in [-0.2, 0) is 4.79 Å². The summed E-state index contributed by atoms with van der Waals surface area (Å²) in [6.45, 7) is 2.54. The Morgan fingerprint density at radius 3 is 3.05 bits per heavy atom. The van der Waals surface area contributed by atoms with Gasteiger partial charge < -0.3 is 10.1 Å². The van der Waals surface area contributed by atoms with Crippen molar-refractivity contribution in [2.75, 3.05) is 11.9 Å². The van der Waals surface area contributed by atoms with Gasteiger partial charge in [-0.2, -0.15) is 5.26 Å². The number of hydrogen-bond acceptors (Lipinski definition) is 5. The van der Waals surface area contributed by atoms with Crippen molar-refractivity contribution in [2.24, 2.45) is 5.41 Å². The number of fused-ring (bicyclic) bond motifs is 1. The molecule has 5 nitrogen and oxygen atoms in total. The fourth-order valence-electron chi connectivity index (χ4n) is 1.95. The third kappa shape index (κ3) is 2.21. The van der Waals surface area contributed by atoms with Gasteiger partial charge in [0.1, 0.15) is 11.2 Å². The molecule has 1 N–H and O–H groups in total. The summed E-state index contributed by atoms with van der Waals surface area (Å²) in [7, 11) is 0. The highest BCUT2D eigenvalue weighted by atomic mass is 32.1. The summed E-state index contributed by atoms with van der Waals surface area (Å²) in [6, 6.07) is 7.70. The molecule has 1 aromatic heterocycles. The molecule has 1 saturated carbocycles. The molecule has 6 heteroatoms. The van der Waals surface area contributed by atoms with Crippen LogP contribution < -0.4 is 10.1 Å². The molecule has 3 rings (SSSR count). The number of hydrogen-bond donors (Lipinski definition) is 1. The van der Waals surface area contributed by atoms with Gasteiger partial charge in [0.05, 0.1) is 22.9 Å². The number of ether oxygens (including phenoxy) is 1. The van der Waals surface area contributed by atoms with Gasteiger partial charge in [-0.15, -0.1) is 0 Å². The number of anilines is 1. The van der Waals surface area contributed by atoms with E-state index in [9.17, 15) is 4.79 Å². The lowest BCUT2D eigenvalue weighted by atomic mass is 10.1. The predicted octanol–water partition coefficient (Wildman–Crippen LogP) is 2.94. The first kappa shape index (κ1) is 12.9. The number of carbonyl (C=O) groups excluding carboxylic acids is 1. The maximum absolute atomic E-state index is 12.0. The Labute approximate surface area is 120 Å². The summed E-state index contributed by atoms with van der Waals surface area (Å²) in [4.78, 5) is 16.3. The average molecular weight is 287 g/mol. The van der Waals surface area contributed by atoms with Gasteiger partial charge in [0.25, 0.3) is 0 Å². The molecule has 1 aliphatic rings. The summed E-state index contributed by atoms with van der Waals surface area (Å²) in [6.07, 6.45) is 1.27. The lowest BCUT2D eigenvalue weighted by Crippen LogP contribution is -2.22. The molecule has 0 aliphatic heterocycles. The zero-order valence-corrected chi connectivity index (χ0v) is 11.8. The molecule has 1 fully saturated rings. The number of aromatic nitrogens is 1. The lowest BCUT2D eigenvalue weighted by molar-refractivity contribution is -0.119. The maximum Gasteiger partial charge on any atom is 0.246 e. The first-order chi connectivity index (χ1) is 9.66. The van der Waals surface area contributed by atoms with E-state index in [0.717, 1.165) is 16.0 Å². The van der Waals surface area contributed by atoms with E-state index < -0.39 is 5.41 Å². The van der Waals surface area contributed by atoms with Gasteiger partial charge in [0, 0.05) is 0 Å². The van der Waals surface area contributed by atoms with E-state index in [2.05, 4.69) is 16.4 Å². The Kier molecular flexibility index (Phi) is 3.07. The van der Waals surface area contributed by atoms with E-state index >= 15 is 0 Å². The minimum absolute atomic E-state index is 0.246. The van der Waals surface area contributed by atoms with Crippen LogP contribution in [0.3, 0.4) is 0 Å². The number of nitrogens with one attached hydrogen (secondary N) is 1. The van der Waals surface area contributed by atoms with E-state index in [1.807, 2.05) is 25.1 Å². The smallest absolute Gasteiger partial charge is 0.246 e. The van der Waals surface area contributed by atoms with Crippen LogP contribution >= 0.6 is 11.3 Å². The number of rotatable bonds is 4. The molecule has 1 aliphatic carbocycles. The molecule has 0 bridgehead atoms. The molecule has 1 amide bonds. The van der Waals surface area contributed by atoms with Crippen LogP contribution in [0, 0.1) is 16.7 Å². The van der Waals surface area contributed by atoms with E-state index in [-0.39, 0.29) is 5.91 Å². The molecular formula is C14H13N3O2S. The fraction of sp³-hybridized carbons (Fsp3) is 0.357. The van der Waals surface area contributed by atoms with Gasteiger partial charge in [-0.3, -0.25) is 4.79 Å². The van der Waals surface area contributed by atoms with Crippen molar-refractivity contribution in [2.45, 2.75) is 19.8 Å². The van der Waals surface area contributed by atoms with Crippen LogP contribution in [-0.4, -0.2) is 17.5 Å². The van der Waals surface area contributed by atoms with Crippen molar-refractivity contribution in [3.05, 3.63) is 18.2 Å². The fourth-order valence-corrected chi connectivity index (χ4v) is 2.84. The molecule has 0 unspecified atom stereocenters. The summed E-state index contributed by atoms with van der Waals surface area (Å²) in [5.74, 6) is 0.543. The van der Waals surface area contributed by atoms with Crippen LogP contribution in [0.5, 0.6) is 5.75 Å². The van der Waals surface area contributed by atoms with Gasteiger partial charge in [0.2, 0.25) is 5.91 Å². The number of carbonyl (C=O) groups is 1. The first-order valence-corrected chi connectivity index (χ1v) is 7.24. The van der Waals surface area contributed by atoms with Crippen molar-refractivity contribution in [3.63, 3.8) is 0 Å². The molecular weight excluding hydrogens is 274 g/mol. The Morgan fingerprint density at radius 1 is 1.60 bits per heavy atom. The number of thiazole rings is 1. The van der Waals surface area contributed by atoms with Gasteiger partial charge in [-0.1, -0.05) is 11.3 Å². The van der Waals surface area contributed by atoms with Gasteiger partial charge in [-0.25, -0.2) is 4.98 Å². The quantitative estimate of drug-likeness (QED) is 0.938. The maximum atomic E-state index is 12.0. The van der Waals surface area contributed by atoms with Crippen LogP contribution in [0.15, 0.2) is 18.2 Å². The predicted molar refractivity (Wildman–Crippen MR) is 76.7 cm³/mol.